The number of hydrogen-bond acceptors (Lipinski definition) is 5. The molecule has 0 saturated carbocycles. The molecule has 0 saturated heterocycles. The Bertz CT molecular complexity index is 865. The topological polar surface area (TPSA) is 102 Å². The van der Waals surface area contributed by atoms with E-state index in [9.17, 15) is 18.0 Å². The highest BCUT2D eigenvalue weighted by Gasteiger charge is 2.14. The molecule has 0 aliphatic rings. The Hall–Kier alpha value is -2.71. The molecule has 7 nitrogen and oxygen atoms in total. The zero-order valence-electron chi connectivity index (χ0n) is 15.0. The molecule has 0 atom stereocenters. The maximum absolute atomic E-state index is 11.9. The van der Waals surface area contributed by atoms with Crippen LogP contribution in [0.3, 0.4) is 0 Å². The van der Waals surface area contributed by atoms with Gasteiger partial charge in [0.1, 0.15) is 0 Å². The van der Waals surface area contributed by atoms with Gasteiger partial charge in [-0.25, -0.2) is 17.9 Å². The number of carbonyl (C=O) groups is 2. The summed E-state index contributed by atoms with van der Waals surface area (Å²) in [7, 11) is -2.26. The highest BCUT2D eigenvalue weighted by Crippen LogP contribution is 2.11. The van der Waals surface area contributed by atoms with E-state index in [1.54, 1.807) is 0 Å². The Labute approximate surface area is 158 Å². The molecule has 0 aliphatic heterocycles. The molecule has 0 fully saturated rings. The van der Waals surface area contributed by atoms with Crippen molar-refractivity contribution in [1.29, 1.82) is 0 Å². The number of ether oxygens (including phenoxy) is 1. The summed E-state index contributed by atoms with van der Waals surface area (Å²) in [6, 6.07) is 15.2. The lowest BCUT2D eigenvalue weighted by Crippen LogP contribution is -2.29. The van der Waals surface area contributed by atoms with Gasteiger partial charge < -0.3 is 10.1 Å². The van der Waals surface area contributed by atoms with E-state index in [2.05, 4.69) is 10.0 Å². The fourth-order valence-corrected chi connectivity index (χ4v) is 3.05. The number of rotatable bonds is 9. The molecule has 2 aromatic rings. The van der Waals surface area contributed by atoms with Crippen LogP contribution in [0.2, 0.25) is 0 Å². The first-order valence-electron chi connectivity index (χ1n) is 8.44. The summed E-state index contributed by atoms with van der Waals surface area (Å²) in [5, 5.41) is 2.69. The van der Waals surface area contributed by atoms with Crippen LogP contribution >= 0.6 is 0 Å². The van der Waals surface area contributed by atoms with Gasteiger partial charge >= 0.3 is 5.97 Å². The van der Waals surface area contributed by atoms with Gasteiger partial charge in [-0.15, -0.1) is 0 Å². The van der Waals surface area contributed by atoms with Gasteiger partial charge in [0.25, 0.3) is 5.91 Å². The number of nitrogens with one attached hydrogen (secondary N) is 2. The maximum atomic E-state index is 11.9. The minimum Gasteiger partial charge on any atom is -0.452 e. The van der Waals surface area contributed by atoms with Crippen LogP contribution in [0.15, 0.2) is 59.5 Å². The normalized spacial score (nSPS) is 11.0. The van der Waals surface area contributed by atoms with Gasteiger partial charge in [-0.3, -0.25) is 4.79 Å². The van der Waals surface area contributed by atoms with E-state index in [-0.39, 0.29) is 23.0 Å². The Morgan fingerprint density at radius 1 is 1.00 bits per heavy atom. The van der Waals surface area contributed by atoms with Crippen molar-refractivity contribution in [3.63, 3.8) is 0 Å². The lowest BCUT2D eigenvalue weighted by Gasteiger charge is -2.07. The summed E-state index contributed by atoms with van der Waals surface area (Å²) in [4.78, 5) is 23.7. The van der Waals surface area contributed by atoms with Crippen molar-refractivity contribution < 1.29 is 22.7 Å². The molecule has 0 unspecified atom stereocenters. The second-order valence-corrected chi connectivity index (χ2v) is 7.63. The number of benzene rings is 2. The predicted octanol–water partition coefficient (Wildman–Crippen LogP) is 1.50. The van der Waals surface area contributed by atoms with E-state index in [4.69, 9.17) is 4.74 Å². The molecule has 0 spiro atoms. The Balaban J connectivity index is 1.72. The van der Waals surface area contributed by atoms with E-state index in [1.807, 2.05) is 30.3 Å². The van der Waals surface area contributed by atoms with Crippen molar-refractivity contribution in [3.05, 3.63) is 65.7 Å². The van der Waals surface area contributed by atoms with E-state index >= 15 is 0 Å². The first kappa shape index (κ1) is 20.6. The number of hydrogen-bond donors (Lipinski definition) is 2. The van der Waals surface area contributed by atoms with Gasteiger partial charge in [-0.2, -0.15) is 0 Å². The molecule has 8 heteroatoms. The van der Waals surface area contributed by atoms with E-state index in [1.165, 1.54) is 36.9 Å². The summed E-state index contributed by atoms with van der Waals surface area (Å²) in [5.74, 6) is -1.08. The minimum atomic E-state index is -3.57. The van der Waals surface area contributed by atoms with Crippen LogP contribution in [0.4, 0.5) is 0 Å². The summed E-state index contributed by atoms with van der Waals surface area (Å²) in [6.45, 7) is 0.0998. The molecule has 0 aromatic heterocycles. The number of amides is 1. The van der Waals surface area contributed by atoms with Gasteiger partial charge in [-0.05, 0) is 49.7 Å². The van der Waals surface area contributed by atoms with Gasteiger partial charge in [-0.1, -0.05) is 30.3 Å². The van der Waals surface area contributed by atoms with E-state index in [0.29, 0.717) is 6.54 Å². The Kier molecular flexibility index (Phi) is 7.51. The lowest BCUT2D eigenvalue weighted by molar-refractivity contribution is -0.124. The maximum Gasteiger partial charge on any atom is 0.338 e. The molecular formula is C19H22N2O5S. The van der Waals surface area contributed by atoms with Crippen molar-refractivity contribution in [1.82, 2.24) is 10.0 Å². The summed E-state index contributed by atoms with van der Waals surface area (Å²) >= 11 is 0. The quantitative estimate of drug-likeness (QED) is 0.499. The third-order valence-corrected chi connectivity index (χ3v) is 5.24. The zero-order valence-corrected chi connectivity index (χ0v) is 15.8. The molecule has 27 heavy (non-hydrogen) atoms. The lowest BCUT2D eigenvalue weighted by atomic mass is 10.1. The third-order valence-electron chi connectivity index (χ3n) is 3.81. The number of esters is 1. The van der Waals surface area contributed by atoms with Gasteiger partial charge in [0.2, 0.25) is 10.0 Å². The third kappa shape index (κ3) is 6.50. The molecular weight excluding hydrogens is 368 g/mol. The molecule has 0 bridgehead atoms. The van der Waals surface area contributed by atoms with Gasteiger partial charge in [0.15, 0.2) is 6.61 Å². The highest BCUT2D eigenvalue weighted by molar-refractivity contribution is 7.89. The van der Waals surface area contributed by atoms with Gasteiger partial charge in [0, 0.05) is 6.54 Å². The average Bonchev–Trinajstić information content (AvgIpc) is 2.70. The highest BCUT2D eigenvalue weighted by atomic mass is 32.2. The van der Waals surface area contributed by atoms with Crippen molar-refractivity contribution in [2.45, 2.75) is 17.7 Å². The molecule has 2 N–H and O–H groups in total. The van der Waals surface area contributed by atoms with Crippen LogP contribution in [0.1, 0.15) is 22.3 Å². The van der Waals surface area contributed by atoms with E-state index in [0.717, 1.165) is 12.8 Å². The van der Waals surface area contributed by atoms with Crippen molar-refractivity contribution in [2.75, 3.05) is 20.2 Å². The molecule has 1 amide bonds. The standard InChI is InChI=1S/C19H22N2O5S/c1-20-27(24,25)17-11-9-16(10-12-17)19(23)26-14-18(22)21-13-5-8-15-6-3-2-4-7-15/h2-4,6-7,9-12,20H,5,8,13-14H2,1H3,(H,21,22). The fraction of sp³-hybridized carbons (Fsp3) is 0.263. The summed E-state index contributed by atoms with van der Waals surface area (Å²) in [6.07, 6.45) is 1.63. The van der Waals surface area contributed by atoms with E-state index < -0.39 is 16.0 Å². The van der Waals surface area contributed by atoms with Crippen LogP contribution < -0.4 is 10.0 Å². The van der Waals surface area contributed by atoms with Crippen LogP contribution in [0.5, 0.6) is 0 Å². The zero-order chi connectivity index (χ0) is 19.7. The number of carbonyl (C=O) groups excluding carboxylic acids is 2. The smallest absolute Gasteiger partial charge is 0.338 e. The first-order chi connectivity index (χ1) is 12.9. The van der Waals surface area contributed by atoms with Crippen molar-refractivity contribution in [2.24, 2.45) is 0 Å². The molecule has 2 rings (SSSR count). The van der Waals surface area contributed by atoms with Crippen LogP contribution in [0, 0.1) is 0 Å². The predicted molar refractivity (Wildman–Crippen MR) is 101 cm³/mol. The SMILES string of the molecule is CNS(=O)(=O)c1ccc(C(=O)OCC(=O)NCCCc2ccccc2)cc1. The molecule has 0 radical (unpaired) electrons. The molecule has 144 valence electrons. The van der Waals surface area contributed by atoms with Crippen LogP contribution in [0.25, 0.3) is 0 Å². The van der Waals surface area contributed by atoms with Crippen molar-refractivity contribution in [3.8, 4) is 0 Å². The average molecular weight is 390 g/mol. The van der Waals surface area contributed by atoms with Crippen molar-refractivity contribution >= 4 is 21.9 Å². The Morgan fingerprint density at radius 3 is 2.30 bits per heavy atom. The first-order valence-corrected chi connectivity index (χ1v) is 9.92. The van der Waals surface area contributed by atoms with Crippen LogP contribution in [-0.4, -0.2) is 40.5 Å². The fourth-order valence-electron chi connectivity index (χ4n) is 2.32. The monoisotopic (exact) mass is 390 g/mol. The molecule has 2 aromatic carbocycles. The summed E-state index contributed by atoms with van der Waals surface area (Å²) < 4.78 is 30.4. The second kappa shape index (κ2) is 9.84. The summed E-state index contributed by atoms with van der Waals surface area (Å²) in [5.41, 5.74) is 1.36. The molecule has 0 aliphatic carbocycles. The Morgan fingerprint density at radius 2 is 1.67 bits per heavy atom. The number of aryl methyl sites for hydroxylation is 1. The molecule has 0 heterocycles. The van der Waals surface area contributed by atoms with Crippen LogP contribution in [-0.2, 0) is 26.0 Å². The second-order valence-electron chi connectivity index (χ2n) is 5.75. The van der Waals surface area contributed by atoms with Gasteiger partial charge in [0.05, 0.1) is 10.5 Å². The number of sulfonamides is 1. The minimum absolute atomic E-state index is 0.0395. The largest absolute Gasteiger partial charge is 0.452 e.